The molecule has 152 valence electrons. The van der Waals surface area contributed by atoms with Crippen LogP contribution in [0.25, 0.3) is 0 Å². The van der Waals surface area contributed by atoms with E-state index < -0.39 is 29.3 Å². The third kappa shape index (κ3) is 5.44. The summed E-state index contributed by atoms with van der Waals surface area (Å²) in [5, 5.41) is 22.6. The Morgan fingerprint density at radius 2 is 1.79 bits per heavy atom. The first kappa shape index (κ1) is 22.1. The maximum Gasteiger partial charge on any atom is 0.269 e. The number of anilines is 1. The predicted octanol–water partition coefficient (Wildman–Crippen LogP) is 2.67. The largest absolute Gasteiger partial charge is 0.388 e. The van der Waals surface area contributed by atoms with Crippen molar-refractivity contribution in [3.8, 4) is 6.07 Å². The van der Waals surface area contributed by atoms with Crippen molar-refractivity contribution in [3.05, 3.63) is 63.9 Å². The van der Waals surface area contributed by atoms with Crippen LogP contribution in [-0.2, 0) is 4.79 Å². The van der Waals surface area contributed by atoms with Gasteiger partial charge in [-0.15, -0.1) is 0 Å². The van der Waals surface area contributed by atoms with Crippen molar-refractivity contribution in [2.24, 2.45) is 0 Å². The van der Waals surface area contributed by atoms with Gasteiger partial charge in [0, 0.05) is 11.3 Å². The fourth-order valence-corrected chi connectivity index (χ4v) is 2.72. The summed E-state index contributed by atoms with van der Waals surface area (Å²) in [6.45, 7) is 4.51. The number of hydrazine groups is 1. The molecule has 2 amide bonds. The number of hydrogen-bond acceptors (Lipinski definition) is 5. The van der Waals surface area contributed by atoms with E-state index in [0.717, 1.165) is 12.1 Å². The lowest BCUT2D eigenvalue weighted by molar-refractivity contribution is -0.127. The Kier molecular flexibility index (Phi) is 6.80. The number of aliphatic hydroxyl groups is 1. The maximum absolute atomic E-state index is 13.0. The summed E-state index contributed by atoms with van der Waals surface area (Å²) in [4.78, 5) is 24.7. The van der Waals surface area contributed by atoms with Gasteiger partial charge in [-0.3, -0.25) is 20.4 Å². The zero-order chi connectivity index (χ0) is 21.8. The fraction of sp³-hybridized carbons (Fsp3) is 0.250. The minimum absolute atomic E-state index is 0.147. The number of amides is 2. The van der Waals surface area contributed by atoms with Crippen molar-refractivity contribution < 1.29 is 19.1 Å². The Labute approximate surface area is 172 Å². The van der Waals surface area contributed by atoms with Crippen LogP contribution >= 0.6 is 11.6 Å². The molecule has 0 fully saturated rings. The summed E-state index contributed by atoms with van der Waals surface area (Å²) < 4.78 is 13.0. The Morgan fingerprint density at radius 1 is 1.17 bits per heavy atom. The third-order valence-electron chi connectivity index (χ3n) is 4.18. The molecule has 2 rings (SSSR count). The van der Waals surface area contributed by atoms with Crippen molar-refractivity contribution in [3.63, 3.8) is 0 Å². The van der Waals surface area contributed by atoms with Crippen LogP contribution in [0.5, 0.6) is 0 Å². The maximum atomic E-state index is 13.0. The number of rotatable bonds is 5. The van der Waals surface area contributed by atoms with Crippen molar-refractivity contribution in [1.29, 1.82) is 5.26 Å². The second-order valence-electron chi connectivity index (χ2n) is 6.89. The van der Waals surface area contributed by atoms with Crippen LogP contribution in [0.2, 0.25) is 5.02 Å². The van der Waals surface area contributed by atoms with E-state index in [0.29, 0.717) is 11.3 Å². The van der Waals surface area contributed by atoms with Gasteiger partial charge in [-0.05, 0) is 62.7 Å². The first-order valence-electron chi connectivity index (χ1n) is 8.58. The summed E-state index contributed by atoms with van der Waals surface area (Å²) in [5.41, 5.74) is 4.35. The van der Waals surface area contributed by atoms with Crippen molar-refractivity contribution in [2.75, 3.05) is 5.32 Å². The molecule has 0 saturated carbocycles. The smallest absolute Gasteiger partial charge is 0.269 e. The lowest BCUT2D eigenvalue weighted by atomic mass is 9.97. The van der Waals surface area contributed by atoms with Crippen LogP contribution in [-0.4, -0.2) is 28.6 Å². The summed E-state index contributed by atoms with van der Waals surface area (Å²) in [5.74, 6) is -1.85. The molecule has 0 aliphatic rings. The number of nitrogens with one attached hydrogen (secondary N) is 3. The van der Waals surface area contributed by atoms with E-state index in [1.54, 1.807) is 13.0 Å². The minimum atomic E-state index is -1.52. The summed E-state index contributed by atoms with van der Waals surface area (Å²) >= 11 is 6.15. The Balaban J connectivity index is 2.15. The molecule has 0 saturated heterocycles. The Morgan fingerprint density at radius 3 is 2.34 bits per heavy atom. The molecule has 4 N–H and O–H groups in total. The highest BCUT2D eigenvalue weighted by Crippen LogP contribution is 2.28. The number of carbonyl (C=O) groups is 2. The second-order valence-corrected chi connectivity index (χ2v) is 7.27. The van der Waals surface area contributed by atoms with Gasteiger partial charge >= 0.3 is 0 Å². The van der Waals surface area contributed by atoms with Gasteiger partial charge in [0.1, 0.15) is 17.9 Å². The average Bonchev–Trinajstić information content (AvgIpc) is 2.66. The number of nitrogens with zero attached hydrogens (tertiary/aromatic N) is 1. The molecule has 7 nitrogen and oxygen atoms in total. The number of hydrogen-bond donors (Lipinski definition) is 4. The van der Waals surface area contributed by atoms with Crippen molar-refractivity contribution >= 4 is 29.1 Å². The number of benzene rings is 2. The van der Waals surface area contributed by atoms with E-state index in [1.165, 1.54) is 32.0 Å². The lowest BCUT2D eigenvalue weighted by Gasteiger charge is -2.30. The monoisotopic (exact) mass is 418 g/mol. The van der Waals surface area contributed by atoms with Gasteiger partial charge in [0.2, 0.25) is 0 Å². The van der Waals surface area contributed by atoms with Gasteiger partial charge in [0.25, 0.3) is 11.8 Å². The highest BCUT2D eigenvalue weighted by molar-refractivity contribution is 6.32. The quantitative estimate of drug-likeness (QED) is 0.557. The van der Waals surface area contributed by atoms with Gasteiger partial charge in [-0.1, -0.05) is 11.6 Å². The van der Waals surface area contributed by atoms with Gasteiger partial charge in [0.15, 0.2) is 0 Å². The first-order chi connectivity index (χ1) is 13.5. The Bertz CT molecular complexity index is 965. The van der Waals surface area contributed by atoms with Gasteiger partial charge in [-0.2, -0.15) is 5.26 Å². The van der Waals surface area contributed by atoms with E-state index in [-0.39, 0.29) is 16.1 Å². The zero-order valence-electron chi connectivity index (χ0n) is 16.0. The summed E-state index contributed by atoms with van der Waals surface area (Å²) in [6.07, 6.45) is 0. The fourth-order valence-electron chi connectivity index (χ4n) is 2.51. The van der Waals surface area contributed by atoms with E-state index in [4.69, 9.17) is 16.9 Å². The van der Waals surface area contributed by atoms with Crippen LogP contribution < -0.4 is 16.2 Å². The van der Waals surface area contributed by atoms with Gasteiger partial charge < -0.3 is 10.4 Å². The average molecular weight is 419 g/mol. The zero-order valence-corrected chi connectivity index (χ0v) is 16.8. The molecule has 0 aromatic heterocycles. The molecule has 29 heavy (non-hydrogen) atoms. The van der Waals surface area contributed by atoms with Crippen molar-refractivity contribution in [1.82, 2.24) is 10.9 Å². The Hall–Kier alpha value is -3.15. The third-order valence-corrected chi connectivity index (χ3v) is 4.67. The van der Waals surface area contributed by atoms with E-state index in [1.807, 2.05) is 6.07 Å². The molecule has 0 bridgehead atoms. The molecule has 0 aliphatic carbocycles. The molecular weight excluding hydrogens is 399 g/mol. The molecule has 0 aliphatic heterocycles. The van der Waals surface area contributed by atoms with Crippen LogP contribution in [0.15, 0.2) is 36.4 Å². The van der Waals surface area contributed by atoms with E-state index in [9.17, 15) is 19.1 Å². The topological polar surface area (TPSA) is 114 Å². The van der Waals surface area contributed by atoms with Crippen LogP contribution in [0.3, 0.4) is 0 Å². The van der Waals surface area contributed by atoms with Crippen molar-refractivity contribution in [2.45, 2.75) is 32.4 Å². The number of nitriles is 1. The first-order valence-corrected chi connectivity index (χ1v) is 8.96. The number of halogens is 2. The van der Waals surface area contributed by atoms with E-state index >= 15 is 0 Å². The second kappa shape index (κ2) is 8.90. The standard InChI is InChI=1S/C20H20ClFN4O3/c1-11-15(9-6-13(10-23)16(11)21)24-17(20(2,3)29)19(28)26-25-18(27)12-4-7-14(22)8-5-12/h4-9,17,24,29H,1-3H3,(H,25,27)(H,26,28)/t17-/m0/s1. The highest BCUT2D eigenvalue weighted by atomic mass is 35.5. The molecule has 2 aromatic rings. The molecule has 0 unspecified atom stereocenters. The molecule has 0 radical (unpaired) electrons. The molecule has 9 heteroatoms. The van der Waals surface area contributed by atoms with Gasteiger partial charge in [0.05, 0.1) is 16.2 Å². The minimum Gasteiger partial charge on any atom is -0.388 e. The lowest BCUT2D eigenvalue weighted by Crippen LogP contribution is -2.56. The molecular formula is C20H20ClFN4O3. The van der Waals surface area contributed by atoms with Crippen LogP contribution in [0, 0.1) is 24.1 Å². The van der Waals surface area contributed by atoms with E-state index in [2.05, 4.69) is 16.2 Å². The predicted molar refractivity (Wildman–Crippen MR) is 107 cm³/mol. The van der Waals surface area contributed by atoms with Gasteiger partial charge in [-0.25, -0.2) is 4.39 Å². The molecule has 2 aromatic carbocycles. The molecule has 1 atom stereocenters. The molecule has 0 heterocycles. The number of carbonyl (C=O) groups excluding carboxylic acids is 2. The van der Waals surface area contributed by atoms with Crippen LogP contribution in [0.4, 0.5) is 10.1 Å². The SMILES string of the molecule is Cc1c(N[C@@H](C(=O)NNC(=O)c2ccc(F)cc2)C(C)(C)O)ccc(C#N)c1Cl. The molecule has 0 spiro atoms. The summed E-state index contributed by atoms with van der Waals surface area (Å²) in [7, 11) is 0. The highest BCUT2D eigenvalue weighted by Gasteiger charge is 2.34. The van der Waals surface area contributed by atoms with Crippen LogP contribution in [0.1, 0.15) is 35.3 Å². The summed E-state index contributed by atoms with van der Waals surface area (Å²) in [6, 6.07) is 8.64. The normalized spacial score (nSPS) is 11.9.